The minimum Gasteiger partial charge on any atom is -0.452 e. The predicted molar refractivity (Wildman–Crippen MR) is 68.1 cm³/mol. The molecule has 0 saturated heterocycles. The normalized spacial score (nSPS) is 10.4. The molecule has 2 aromatic rings. The molecule has 2 rings (SSSR count). The summed E-state index contributed by atoms with van der Waals surface area (Å²) in [6.07, 6.45) is 5.88. The highest BCUT2D eigenvalue weighted by Gasteiger charge is 2.03. The molecule has 0 bridgehead atoms. The molecule has 90 valence electrons. The molecule has 0 aliphatic rings. The quantitative estimate of drug-likeness (QED) is 0.804. The maximum absolute atomic E-state index is 5.80. The van der Waals surface area contributed by atoms with Crippen molar-refractivity contribution in [3.63, 3.8) is 0 Å². The van der Waals surface area contributed by atoms with Crippen LogP contribution >= 0.6 is 0 Å². The van der Waals surface area contributed by atoms with Crippen LogP contribution in [0.2, 0.25) is 0 Å². The highest BCUT2D eigenvalue weighted by Crippen LogP contribution is 2.26. The summed E-state index contributed by atoms with van der Waals surface area (Å²) in [5.41, 5.74) is 6.44. The number of unbranched alkanes of at least 4 members (excludes halogenated alkanes) is 1. The molecule has 4 heteroatoms. The second-order valence-electron chi connectivity index (χ2n) is 3.93. The van der Waals surface area contributed by atoms with Crippen LogP contribution in [0.5, 0.6) is 11.5 Å². The van der Waals surface area contributed by atoms with Crippen LogP contribution in [0.25, 0.3) is 0 Å². The lowest BCUT2D eigenvalue weighted by atomic mass is 10.3. The molecule has 0 radical (unpaired) electrons. The van der Waals surface area contributed by atoms with E-state index in [0.717, 1.165) is 25.1 Å². The van der Waals surface area contributed by atoms with Gasteiger partial charge >= 0.3 is 0 Å². The van der Waals surface area contributed by atoms with Crippen LogP contribution in [0.3, 0.4) is 0 Å². The number of hydrogen-bond donors (Lipinski definition) is 1. The summed E-state index contributed by atoms with van der Waals surface area (Å²) in [4.78, 5) is 0. The van der Waals surface area contributed by atoms with E-state index < -0.39 is 0 Å². The van der Waals surface area contributed by atoms with Crippen molar-refractivity contribution in [2.75, 3.05) is 5.73 Å². The number of nitrogens with zero attached hydrogens (tertiary/aromatic N) is 2. The average molecular weight is 231 g/mol. The topological polar surface area (TPSA) is 53.1 Å². The van der Waals surface area contributed by atoms with Crippen molar-refractivity contribution < 1.29 is 4.74 Å². The van der Waals surface area contributed by atoms with E-state index in [2.05, 4.69) is 12.0 Å². The summed E-state index contributed by atoms with van der Waals surface area (Å²) >= 11 is 0. The number of nitrogens with two attached hydrogens (primary N) is 1. The Hall–Kier alpha value is -1.97. The number of anilines is 1. The molecule has 4 nitrogen and oxygen atoms in total. The number of rotatable bonds is 5. The third-order valence-corrected chi connectivity index (χ3v) is 2.50. The Kier molecular flexibility index (Phi) is 3.65. The fourth-order valence-electron chi connectivity index (χ4n) is 1.54. The van der Waals surface area contributed by atoms with E-state index in [1.165, 1.54) is 0 Å². The number of aromatic nitrogens is 2. The molecule has 0 saturated carbocycles. The number of benzene rings is 1. The minimum absolute atomic E-state index is 0.633. The average Bonchev–Trinajstić information content (AvgIpc) is 2.77. The predicted octanol–water partition coefficient (Wildman–Crippen LogP) is 3.06. The van der Waals surface area contributed by atoms with Crippen molar-refractivity contribution in [3.8, 4) is 11.5 Å². The third kappa shape index (κ3) is 3.00. The van der Waals surface area contributed by atoms with Gasteiger partial charge in [0.2, 0.25) is 0 Å². The highest BCUT2D eigenvalue weighted by molar-refractivity contribution is 5.53. The molecule has 1 aromatic heterocycles. The van der Waals surface area contributed by atoms with Gasteiger partial charge in [0.05, 0.1) is 18.1 Å². The van der Waals surface area contributed by atoms with Gasteiger partial charge in [-0.1, -0.05) is 25.5 Å². The largest absolute Gasteiger partial charge is 0.452 e. The lowest BCUT2D eigenvalue weighted by molar-refractivity contribution is 0.482. The van der Waals surface area contributed by atoms with E-state index in [1.807, 2.05) is 35.1 Å². The molecule has 0 unspecified atom stereocenters. The SMILES string of the molecule is CCCCn1cc(Oc2ccccc2N)cn1. The van der Waals surface area contributed by atoms with Gasteiger partial charge < -0.3 is 10.5 Å². The number of nitrogen functional groups attached to an aromatic ring is 1. The number of ether oxygens (including phenoxy) is 1. The van der Waals surface area contributed by atoms with Crippen LogP contribution in [0.4, 0.5) is 5.69 Å². The van der Waals surface area contributed by atoms with Crippen molar-refractivity contribution >= 4 is 5.69 Å². The van der Waals surface area contributed by atoms with E-state index in [9.17, 15) is 0 Å². The van der Waals surface area contributed by atoms with Gasteiger partial charge in [-0.15, -0.1) is 0 Å². The molecule has 0 aliphatic carbocycles. The van der Waals surface area contributed by atoms with Crippen LogP contribution in [0, 0.1) is 0 Å². The smallest absolute Gasteiger partial charge is 0.165 e. The monoisotopic (exact) mass is 231 g/mol. The van der Waals surface area contributed by atoms with Gasteiger partial charge in [0.15, 0.2) is 5.75 Å². The van der Waals surface area contributed by atoms with E-state index >= 15 is 0 Å². The van der Waals surface area contributed by atoms with Crippen molar-refractivity contribution in [1.29, 1.82) is 0 Å². The van der Waals surface area contributed by atoms with Gasteiger partial charge in [0, 0.05) is 6.54 Å². The second kappa shape index (κ2) is 5.39. The summed E-state index contributed by atoms with van der Waals surface area (Å²) in [5, 5.41) is 4.23. The summed E-state index contributed by atoms with van der Waals surface area (Å²) < 4.78 is 7.55. The van der Waals surface area contributed by atoms with Crippen molar-refractivity contribution in [3.05, 3.63) is 36.7 Å². The first kappa shape index (κ1) is 11.5. The number of aryl methyl sites for hydroxylation is 1. The van der Waals surface area contributed by atoms with Crippen molar-refractivity contribution in [2.24, 2.45) is 0 Å². The fourth-order valence-corrected chi connectivity index (χ4v) is 1.54. The second-order valence-corrected chi connectivity index (χ2v) is 3.93. The van der Waals surface area contributed by atoms with Gasteiger partial charge in [-0.2, -0.15) is 5.10 Å². The molecule has 0 amide bonds. The Morgan fingerprint density at radius 2 is 2.18 bits per heavy atom. The molecule has 1 heterocycles. The Bertz CT molecular complexity index is 479. The van der Waals surface area contributed by atoms with Crippen LogP contribution in [0.1, 0.15) is 19.8 Å². The molecular weight excluding hydrogens is 214 g/mol. The Morgan fingerprint density at radius 3 is 2.94 bits per heavy atom. The molecule has 0 aliphatic heterocycles. The van der Waals surface area contributed by atoms with Crippen LogP contribution in [-0.2, 0) is 6.54 Å². The highest BCUT2D eigenvalue weighted by atomic mass is 16.5. The Labute approximate surface area is 101 Å². The van der Waals surface area contributed by atoms with Crippen LogP contribution in [0.15, 0.2) is 36.7 Å². The number of para-hydroxylation sites is 2. The van der Waals surface area contributed by atoms with Gasteiger partial charge in [-0.25, -0.2) is 0 Å². The first-order valence-electron chi connectivity index (χ1n) is 5.84. The van der Waals surface area contributed by atoms with E-state index in [1.54, 1.807) is 6.20 Å². The summed E-state index contributed by atoms with van der Waals surface area (Å²) in [5.74, 6) is 1.39. The molecule has 0 spiro atoms. The van der Waals surface area contributed by atoms with Gasteiger partial charge in [-0.05, 0) is 18.6 Å². The maximum atomic E-state index is 5.80. The van der Waals surface area contributed by atoms with Gasteiger partial charge in [0.1, 0.15) is 5.75 Å². The summed E-state index contributed by atoms with van der Waals surface area (Å²) in [7, 11) is 0. The Morgan fingerprint density at radius 1 is 1.35 bits per heavy atom. The Balaban J connectivity index is 2.04. The van der Waals surface area contributed by atoms with Gasteiger partial charge in [0.25, 0.3) is 0 Å². The molecule has 2 N–H and O–H groups in total. The number of hydrogen-bond acceptors (Lipinski definition) is 3. The van der Waals surface area contributed by atoms with Crippen molar-refractivity contribution in [2.45, 2.75) is 26.3 Å². The maximum Gasteiger partial charge on any atom is 0.165 e. The van der Waals surface area contributed by atoms with E-state index in [4.69, 9.17) is 10.5 Å². The van der Waals surface area contributed by atoms with Crippen LogP contribution < -0.4 is 10.5 Å². The summed E-state index contributed by atoms with van der Waals surface area (Å²) in [6, 6.07) is 7.44. The van der Waals surface area contributed by atoms with E-state index in [0.29, 0.717) is 11.4 Å². The molecule has 0 atom stereocenters. The lowest BCUT2D eigenvalue weighted by Gasteiger charge is -2.05. The fraction of sp³-hybridized carbons (Fsp3) is 0.308. The zero-order chi connectivity index (χ0) is 12.1. The zero-order valence-corrected chi connectivity index (χ0v) is 9.97. The standard InChI is InChI=1S/C13H17N3O/c1-2-3-8-16-10-11(9-15-16)17-13-7-5-4-6-12(13)14/h4-7,9-10H,2-3,8,14H2,1H3. The molecule has 0 fully saturated rings. The summed E-state index contributed by atoms with van der Waals surface area (Å²) in [6.45, 7) is 3.08. The van der Waals surface area contributed by atoms with Crippen LogP contribution in [-0.4, -0.2) is 9.78 Å². The molecular formula is C13H17N3O. The minimum atomic E-state index is 0.633. The first-order valence-corrected chi connectivity index (χ1v) is 5.84. The lowest BCUT2D eigenvalue weighted by Crippen LogP contribution is -1.96. The first-order chi connectivity index (χ1) is 8.29. The molecule has 1 aromatic carbocycles. The van der Waals surface area contributed by atoms with Crippen molar-refractivity contribution in [1.82, 2.24) is 9.78 Å². The molecule has 17 heavy (non-hydrogen) atoms. The van der Waals surface area contributed by atoms with Gasteiger partial charge in [-0.3, -0.25) is 4.68 Å². The zero-order valence-electron chi connectivity index (χ0n) is 9.97. The van der Waals surface area contributed by atoms with E-state index in [-0.39, 0.29) is 0 Å². The third-order valence-electron chi connectivity index (χ3n) is 2.50.